The molecule has 2 aliphatic rings. The van der Waals surface area contributed by atoms with E-state index in [1.54, 1.807) is 12.1 Å². The van der Waals surface area contributed by atoms with Gasteiger partial charge < -0.3 is 14.8 Å². The minimum Gasteiger partial charge on any atom is -0.345 e. The molecule has 2 amide bonds. The van der Waals surface area contributed by atoms with Crippen LogP contribution in [-0.4, -0.2) is 40.4 Å². The van der Waals surface area contributed by atoms with Crippen molar-refractivity contribution < 1.29 is 9.59 Å². The molecule has 1 N–H and O–H groups in total. The Hall–Kier alpha value is -2.11. The highest BCUT2D eigenvalue weighted by atomic mass is 16.2. The quantitative estimate of drug-likeness (QED) is 0.895. The fourth-order valence-electron chi connectivity index (χ4n) is 4.24. The van der Waals surface area contributed by atoms with Gasteiger partial charge in [-0.25, -0.2) is 0 Å². The van der Waals surface area contributed by atoms with Gasteiger partial charge in [-0.3, -0.25) is 14.4 Å². The normalized spacial score (nSPS) is 23.1. The first-order chi connectivity index (χ1) is 11.8. The highest BCUT2D eigenvalue weighted by molar-refractivity contribution is 5.87. The number of hydrogen-bond donors (Lipinski definition) is 1. The number of fused-ring (bicyclic) bond motifs is 4. The van der Waals surface area contributed by atoms with Gasteiger partial charge in [-0.05, 0) is 30.7 Å². The van der Waals surface area contributed by atoms with Crippen LogP contribution in [0.3, 0.4) is 0 Å². The number of hydrogen-bond acceptors (Lipinski definition) is 3. The molecule has 1 aromatic rings. The first-order valence-corrected chi connectivity index (χ1v) is 9.10. The Morgan fingerprint density at radius 2 is 2.00 bits per heavy atom. The molecular weight excluding hydrogens is 318 g/mol. The summed E-state index contributed by atoms with van der Waals surface area (Å²) in [5.41, 5.74) is 1.07. The van der Waals surface area contributed by atoms with Gasteiger partial charge >= 0.3 is 0 Å². The van der Waals surface area contributed by atoms with Gasteiger partial charge in [0.1, 0.15) is 6.04 Å². The summed E-state index contributed by atoms with van der Waals surface area (Å²) in [4.78, 5) is 38.5. The Morgan fingerprint density at radius 1 is 1.24 bits per heavy atom. The molecule has 3 heterocycles. The van der Waals surface area contributed by atoms with Crippen LogP contribution >= 0.6 is 0 Å². The molecule has 6 nitrogen and oxygen atoms in total. The van der Waals surface area contributed by atoms with Crippen molar-refractivity contribution in [3.63, 3.8) is 0 Å². The van der Waals surface area contributed by atoms with E-state index in [1.807, 2.05) is 15.5 Å². The van der Waals surface area contributed by atoms with Crippen LogP contribution in [0.5, 0.6) is 0 Å². The standard InChI is InChI=1S/C19H27N3O3/c1-12(2)7-16(20-13(3)23)19(25)21-9-14-8-15(11-21)17-5-4-6-18(24)22(17)10-14/h4-6,12,14-16H,7-11H2,1-3H3,(H,20,23)/t14-,15+,16?/m1/s1. The number of aromatic nitrogens is 1. The van der Waals surface area contributed by atoms with Crippen LogP contribution in [0.15, 0.2) is 23.0 Å². The maximum absolute atomic E-state index is 13.0. The molecule has 136 valence electrons. The lowest BCUT2D eigenvalue weighted by Crippen LogP contribution is -2.55. The van der Waals surface area contributed by atoms with E-state index in [0.717, 1.165) is 12.1 Å². The van der Waals surface area contributed by atoms with E-state index < -0.39 is 6.04 Å². The summed E-state index contributed by atoms with van der Waals surface area (Å²) in [6.07, 6.45) is 1.66. The number of likely N-dealkylation sites (tertiary alicyclic amines) is 1. The van der Waals surface area contributed by atoms with Crippen molar-refractivity contribution in [2.75, 3.05) is 13.1 Å². The second-order valence-electron chi connectivity index (χ2n) is 7.82. The van der Waals surface area contributed by atoms with Gasteiger partial charge in [-0.15, -0.1) is 0 Å². The topological polar surface area (TPSA) is 71.4 Å². The second-order valence-corrected chi connectivity index (χ2v) is 7.82. The molecule has 0 spiro atoms. The van der Waals surface area contributed by atoms with Gasteiger partial charge in [-0.2, -0.15) is 0 Å². The van der Waals surface area contributed by atoms with Gasteiger partial charge in [0.15, 0.2) is 0 Å². The average molecular weight is 345 g/mol. The first-order valence-electron chi connectivity index (χ1n) is 9.10. The van der Waals surface area contributed by atoms with Crippen LogP contribution in [0.25, 0.3) is 0 Å². The fourth-order valence-corrected chi connectivity index (χ4v) is 4.24. The number of amides is 2. The van der Waals surface area contributed by atoms with E-state index in [0.29, 0.717) is 37.9 Å². The van der Waals surface area contributed by atoms with Crippen LogP contribution in [0.4, 0.5) is 0 Å². The lowest BCUT2D eigenvalue weighted by Gasteiger charge is -2.43. The summed E-state index contributed by atoms with van der Waals surface area (Å²) in [5.74, 6) is 0.650. The van der Waals surface area contributed by atoms with Gasteiger partial charge in [0.2, 0.25) is 11.8 Å². The number of nitrogens with one attached hydrogen (secondary N) is 1. The third-order valence-corrected chi connectivity index (χ3v) is 5.17. The summed E-state index contributed by atoms with van der Waals surface area (Å²) in [7, 11) is 0. The Labute approximate surface area is 148 Å². The summed E-state index contributed by atoms with van der Waals surface area (Å²) in [5, 5.41) is 2.82. The smallest absolute Gasteiger partial charge is 0.250 e. The first kappa shape index (κ1) is 17.7. The highest BCUT2D eigenvalue weighted by Crippen LogP contribution is 2.35. The largest absolute Gasteiger partial charge is 0.345 e. The molecule has 3 rings (SSSR count). The molecule has 3 atom stereocenters. The molecule has 1 unspecified atom stereocenters. The van der Waals surface area contributed by atoms with Gasteiger partial charge in [0.05, 0.1) is 0 Å². The van der Waals surface area contributed by atoms with E-state index in [1.165, 1.54) is 6.92 Å². The Balaban J connectivity index is 1.80. The molecular formula is C19H27N3O3. The molecule has 2 bridgehead atoms. The predicted octanol–water partition coefficient (Wildman–Crippen LogP) is 1.34. The summed E-state index contributed by atoms with van der Waals surface area (Å²) < 4.78 is 1.86. The van der Waals surface area contributed by atoms with E-state index in [2.05, 4.69) is 19.2 Å². The number of carbonyl (C=O) groups is 2. The molecule has 0 saturated carbocycles. The molecule has 1 saturated heterocycles. The van der Waals surface area contributed by atoms with E-state index in [-0.39, 0.29) is 23.3 Å². The third-order valence-electron chi connectivity index (χ3n) is 5.17. The number of rotatable bonds is 4. The van der Waals surface area contributed by atoms with E-state index in [4.69, 9.17) is 0 Å². The van der Waals surface area contributed by atoms with Crippen LogP contribution < -0.4 is 10.9 Å². The second kappa shape index (κ2) is 7.02. The molecule has 2 aliphatic heterocycles. The molecule has 6 heteroatoms. The van der Waals surface area contributed by atoms with Crippen molar-refractivity contribution in [1.29, 1.82) is 0 Å². The van der Waals surface area contributed by atoms with Crippen molar-refractivity contribution in [3.8, 4) is 0 Å². The monoisotopic (exact) mass is 345 g/mol. The summed E-state index contributed by atoms with van der Waals surface area (Å²) in [6, 6.07) is 4.93. The van der Waals surface area contributed by atoms with Gasteiger partial charge in [-0.1, -0.05) is 19.9 Å². The Kier molecular flexibility index (Phi) is 4.97. The number of carbonyl (C=O) groups excluding carboxylic acids is 2. The summed E-state index contributed by atoms with van der Waals surface area (Å²) in [6.45, 7) is 7.50. The van der Waals surface area contributed by atoms with Crippen molar-refractivity contribution in [3.05, 3.63) is 34.2 Å². The van der Waals surface area contributed by atoms with Crippen molar-refractivity contribution >= 4 is 11.8 Å². The lowest BCUT2D eigenvalue weighted by molar-refractivity contribution is -0.139. The summed E-state index contributed by atoms with van der Waals surface area (Å²) >= 11 is 0. The van der Waals surface area contributed by atoms with Crippen LogP contribution in [0.2, 0.25) is 0 Å². The van der Waals surface area contributed by atoms with Crippen LogP contribution in [0.1, 0.15) is 45.2 Å². The minimum absolute atomic E-state index is 0.00493. The fraction of sp³-hybridized carbons (Fsp3) is 0.632. The van der Waals surface area contributed by atoms with Gasteiger partial charge in [0.25, 0.3) is 5.56 Å². The zero-order chi connectivity index (χ0) is 18.1. The molecule has 0 aromatic carbocycles. The SMILES string of the molecule is CC(=O)NC(CC(C)C)C(=O)N1C[C@H]2C[C@@H](C1)c1cccc(=O)n1C2. The van der Waals surface area contributed by atoms with Crippen LogP contribution in [0, 0.1) is 11.8 Å². The molecule has 1 aromatic heterocycles. The third kappa shape index (κ3) is 3.78. The van der Waals surface area contributed by atoms with Crippen LogP contribution in [-0.2, 0) is 16.1 Å². The maximum atomic E-state index is 13.0. The minimum atomic E-state index is -0.464. The van der Waals surface area contributed by atoms with Gasteiger partial charge in [0, 0.05) is 44.2 Å². The number of pyridine rings is 1. The lowest BCUT2D eigenvalue weighted by atomic mass is 9.82. The molecule has 25 heavy (non-hydrogen) atoms. The molecule has 1 fully saturated rings. The zero-order valence-electron chi connectivity index (χ0n) is 15.2. The number of piperidine rings is 1. The van der Waals surface area contributed by atoms with E-state index in [9.17, 15) is 14.4 Å². The Morgan fingerprint density at radius 3 is 2.68 bits per heavy atom. The molecule has 0 aliphatic carbocycles. The van der Waals surface area contributed by atoms with E-state index >= 15 is 0 Å². The molecule has 0 radical (unpaired) electrons. The van der Waals surface area contributed by atoms with Crippen molar-refractivity contribution in [2.24, 2.45) is 11.8 Å². The van der Waals surface area contributed by atoms with Crippen molar-refractivity contribution in [2.45, 2.75) is 52.1 Å². The zero-order valence-corrected chi connectivity index (χ0v) is 15.2. The van der Waals surface area contributed by atoms with Crippen molar-refractivity contribution in [1.82, 2.24) is 14.8 Å². The maximum Gasteiger partial charge on any atom is 0.250 e. The predicted molar refractivity (Wildman–Crippen MR) is 95.2 cm³/mol. The Bertz CT molecular complexity index is 725. The average Bonchev–Trinajstić information content (AvgIpc) is 2.53. The number of nitrogens with zero attached hydrogens (tertiary/aromatic N) is 2. The highest BCUT2D eigenvalue weighted by Gasteiger charge is 2.38.